The van der Waals surface area contributed by atoms with Crippen molar-refractivity contribution in [1.29, 1.82) is 0 Å². The number of sulfonamides is 1. The van der Waals surface area contributed by atoms with Crippen LogP contribution in [-0.2, 0) is 14.8 Å². The highest BCUT2D eigenvalue weighted by Crippen LogP contribution is 2.40. The summed E-state index contributed by atoms with van der Waals surface area (Å²) in [4.78, 5) is 18.8. The summed E-state index contributed by atoms with van der Waals surface area (Å²) in [6.45, 7) is 5.59. The number of anilines is 1. The average Bonchev–Trinajstić information content (AvgIpc) is 3.23. The van der Waals surface area contributed by atoms with Crippen molar-refractivity contribution in [1.82, 2.24) is 9.71 Å². The number of aryl methyl sites for hydroxylation is 2. The van der Waals surface area contributed by atoms with Gasteiger partial charge in [-0.25, -0.2) is 17.9 Å². The molecule has 29 heavy (non-hydrogen) atoms. The molecule has 2 bridgehead atoms. The molecule has 0 radical (unpaired) electrons. The van der Waals surface area contributed by atoms with Crippen LogP contribution in [0.2, 0.25) is 0 Å². The van der Waals surface area contributed by atoms with Gasteiger partial charge in [-0.1, -0.05) is 0 Å². The number of methoxy groups -OCH3 is 1. The predicted octanol–water partition coefficient (Wildman–Crippen LogP) is 2.74. The number of carbonyl (C=O) groups excluding carboxylic acids is 1. The molecule has 9 heteroatoms. The molecule has 1 aliphatic heterocycles. The Labute approximate surface area is 175 Å². The Morgan fingerprint density at radius 1 is 1.21 bits per heavy atom. The lowest BCUT2D eigenvalue weighted by molar-refractivity contribution is 0.0602. The van der Waals surface area contributed by atoms with Crippen LogP contribution >= 0.6 is 11.3 Å². The molecule has 2 aromatic rings. The van der Waals surface area contributed by atoms with Gasteiger partial charge in [-0.2, -0.15) is 0 Å². The highest BCUT2D eigenvalue weighted by Gasteiger charge is 2.44. The molecule has 0 aromatic carbocycles. The van der Waals surface area contributed by atoms with Crippen LogP contribution in [0.5, 0.6) is 0 Å². The number of hydrogen-bond acceptors (Lipinski definition) is 7. The second kappa shape index (κ2) is 7.70. The molecule has 1 unspecified atom stereocenters. The summed E-state index contributed by atoms with van der Waals surface area (Å²) in [6.07, 6.45) is 1.98. The molecule has 0 spiro atoms. The van der Waals surface area contributed by atoms with E-state index in [4.69, 9.17) is 4.74 Å². The minimum atomic E-state index is -3.79. The van der Waals surface area contributed by atoms with Gasteiger partial charge in [0.25, 0.3) is 0 Å². The monoisotopic (exact) mass is 435 g/mol. The van der Waals surface area contributed by atoms with Crippen LogP contribution in [0.25, 0.3) is 0 Å². The lowest BCUT2D eigenvalue weighted by Crippen LogP contribution is -2.52. The van der Waals surface area contributed by atoms with E-state index in [1.54, 1.807) is 5.38 Å². The lowest BCUT2D eigenvalue weighted by Gasteiger charge is -2.39. The molecule has 1 saturated heterocycles. The van der Waals surface area contributed by atoms with Crippen LogP contribution in [0, 0.1) is 25.7 Å². The Balaban J connectivity index is 1.53. The number of pyridine rings is 1. The van der Waals surface area contributed by atoms with E-state index in [0.717, 1.165) is 54.3 Å². The van der Waals surface area contributed by atoms with Crippen molar-refractivity contribution in [3.63, 3.8) is 0 Å². The van der Waals surface area contributed by atoms with Gasteiger partial charge in [-0.05, 0) is 62.1 Å². The maximum Gasteiger partial charge on any atom is 0.349 e. The van der Waals surface area contributed by atoms with Crippen molar-refractivity contribution < 1.29 is 17.9 Å². The molecule has 3 heterocycles. The Bertz CT molecular complexity index is 1000. The Morgan fingerprint density at radius 2 is 1.83 bits per heavy atom. The molecular formula is C20H25N3O4S2. The van der Waals surface area contributed by atoms with E-state index in [9.17, 15) is 13.2 Å². The molecule has 7 nitrogen and oxygen atoms in total. The Morgan fingerprint density at radius 3 is 2.41 bits per heavy atom. The largest absolute Gasteiger partial charge is 0.465 e. The number of thiophene rings is 1. The summed E-state index contributed by atoms with van der Waals surface area (Å²) in [7, 11) is -2.54. The summed E-state index contributed by atoms with van der Waals surface area (Å²) in [5.74, 6) is -0.156. The van der Waals surface area contributed by atoms with E-state index in [2.05, 4.69) is 26.7 Å². The van der Waals surface area contributed by atoms with Gasteiger partial charge in [0.1, 0.15) is 9.77 Å². The third kappa shape index (κ3) is 3.91. The van der Waals surface area contributed by atoms with Crippen LogP contribution in [0.3, 0.4) is 0 Å². The van der Waals surface area contributed by atoms with E-state index in [-0.39, 0.29) is 27.7 Å². The maximum absolute atomic E-state index is 13.0. The van der Waals surface area contributed by atoms with Crippen LogP contribution in [0.1, 0.15) is 33.9 Å². The van der Waals surface area contributed by atoms with Crippen molar-refractivity contribution in [2.24, 2.45) is 11.8 Å². The normalized spacial score (nSPS) is 24.0. The summed E-state index contributed by atoms with van der Waals surface area (Å²) < 4.78 is 33.7. The summed E-state index contributed by atoms with van der Waals surface area (Å²) in [5, 5.41) is 1.60. The smallest absolute Gasteiger partial charge is 0.349 e. The molecule has 1 aliphatic carbocycles. The molecule has 1 N–H and O–H groups in total. The van der Waals surface area contributed by atoms with Gasteiger partial charge in [0.15, 0.2) is 0 Å². The third-order valence-corrected chi connectivity index (χ3v) is 8.37. The fourth-order valence-electron chi connectivity index (χ4n) is 4.61. The van der Waals surface area contributed by atoms with Gasteiger partial charge in [-0.3, -0.25) is 4.98 Å². The number of carbonyl (C=O) groups is 1. The summed E-state index contributed by atoms with van der Waals surface area (Å²) in [5.41, 5.74) is 3.13. The zero-order chi connectivity index (χ0) is 20.8. The number of ether oxygens (including phenoxy) is 1. The van der Waals surface area contributed by atoms with E-state index in [1.165, 1.54) is 13.2 Å². The Kier molecular flexibility index (Phi) is 5.39. The number of rotatable bonds is 5. The molecular weight excluding hydrogens is 410 g/mol. The van der Waals surface area contributed by atoms with Gasteiger partial charge < -0.3 is 9.64 Å². The summed E-state index contributed by atoms with van der Waals surface area (Å²) >= 11 is 1.08. The van der Waals surface area contributed by atoms with Gasteiger partial charge >= 0.3 is 5.97 Å². The van der Waals surface area contributed by atoms with E-state index >= 15 is 0 Å². The highest BCUT2D eigenvalue weighted by atomic mass is 32.2. The third-order valence-electron chi connectivity index (χ3n) is 5.85. The van der Waals surface area contributed by atoms with Crippen molar-refractivity contribution in [2.75, 3.05) is 25.1 Å². The first-order valence-electron chi connectivity index (χ1n) is 9.67. The second-order valence-corrected chi connectivity index (χ2v) is 10.5. The first kappa shape index (κ1) is 20.3. The molecule has 2 aromatic heterocycles. The summed E-state index contributed by atoms with van der Waals surface area (Å²) in [6, 6.07) is 5.53. The van der Waals surface area contributed by atoms with Crippen LogP contribution < -0.4 is 9.62 Å². The van der Waals surface area contributed by atoms with Gasteiger partial charge in [0.05, 0.1) is 7.11 Å². The first-order valence-corrected chi connectivity index (χ1v) is 12.0. The van der Waals surface area contributed by atoms with Crippen molar-refractivity contribution >= 4 is 33.0 Å². The highest BCUT2D eigenvalue weighted by molar-refractivity contribution is 7.89. The van der Waals surface area contributed by atoms with Crippen LogP contribution in [0.15, 0.2) is 28.5 Å². The van der Waals surface area contributed by atoms with E-state index in [1.807, 2.05) is 13.8 Å². The average molecular weight is 436 g/mol. The minimum Gasteiger partial charge on any atom is -0.465 e. The number of piperidine rings is 1. The van der Waals surface area contributed by atoms with Crippen LogP contribution in [-0.4, -0.2) is 45.6 Å². The fraction of sp³-hybridized carbons (Fsp3) is 0.500. The lowest BCUT2D eigenvalue weighted by atomic mass is 9.92. The molecule has 3 atom stereocenters. The molecule has 2 aliphatic rings. The number of nitrogens with zero attached hydrogens (tertiary/aromatic N) is 2. The zero-order valence-electron chi connectivity index (χ0n) is 16.7. The molecule has 4 rings (SSSR count). The standard InChI is InChI=1S/C20H25N3O4S2/c1-12-8-16(9-13(2)21-12)23-10-14-4-5-15(11-23)18(14)22-29(25,26)17-6-7-28-19(17)20(24)27-3/h6-9,14-15,18,22H,4-5,10-11H2,1-3H3/t14-,15+,18?. The number of aromatic nitrogens is 1. The maximum atomic E-state index is 13.0. The topological polar surface area (TPSA) is 88.6 Å². The van der Waals surface area contributed by atoms with E-state index in [0.29, 0.717) is 0 Å². The first-order chi connectivity index (χ1) is 13.8. The predicted molar refractivity (Wildman–Crippen MR) is 112 cm³/mol. The fourth-order valence-corrected chi connectivity index (χ4v) is 7.32. The number of nitrogens with one attached hydrogen (secondary N) is 1. The molecule has 0 amide bonds. The van der Waals surface area contributed by atoms with Gasteiger partial charge in [-0.15, -0.1) is 11.3 Å². The number of fused-ring (bicyclic) bond motifs is 2. The van der Waals surface area contributed by atoms with Gasteiger partial charge in [0, 0.05) is 36.2 Å². The SMILES string of the molecule is COC(=O)c1sccc1S(=O)(=O)NC1[C@@H]2CC[C@H]1CN(c1cc(C)nc(C)c1)C2. The zero-order valence-corrected chi connectivity index (χ0v) is 18.3. The minimum absolute atomic E-state index is 0.0107. The number of esters is 1. The van der Waals surface area contributed by atoms with Crippen molar-refractivity contribution in [3.05, 3.63) is 39.8 Å². The quantitative estimate of drug-likeness (QED) is 0.727. The van der Waals surface area contributed by atoms with Crippen LogP contribution in [0.4, 0.5) is 5.69 Å². The van der Waals surface area contributed by atoms with Crippen molar-refractivity contribution in [2.45, 2.75) is 37.6 Å². The second-order valence-electron chi connectivity index (χ2n) is 7.86. The molecule has 1 saturated carbocycles. The van der Waals surface area contributed by atoms with E-state index < -0.39 is 16.0 Å². The molecule has 2 fully saturated rings. The molecule has 156 valence electrons. The number of hydrogen-bond donors (Lipinski definition) is 1. The van der Waals surface area contributed by atoms with Gasteiger partial charge in [0.2, 0.25) is 10.0 Å². The Hall–Kier alpha value is -1.97. The van der Waals surface area contributed by atoms with Crippen molar-refractivity contribution in [3.8, 4) is 0 Å².